The summed E-state index contributed by atoms with van der Waals surface area (Å²) < 4.78 is 27.0. The van der Waals surface area contributed by atoms with Gasteiger partial charge in [0.2, 0.25) is 0 Å². The number of aromatic hydroxyl groups is 1. The lowest BCUT2D eigenvalue weighted by Gasteiger charge is -2.06. The highest BCUT2D eigenvalue weighted by Crippen LogP contribution is 2.24. The molecule has 0 aliphatic rings. The number of hydrogen-bond acceptors (Lipinski definition) is 4. The van der Waals surface area contributed by atoms with Gasteiger partial charge in [0.1, 0.15) is 11.8 Å². The van der Waals surface area contributed by atoms with E-state index in [2.05, 4.69) is 4.72 Å². The molecule has 0 aliphatic carbocycles. The molecule has 0 amide bonds. The van der Waals surface area contributed by atoms with Crippen molar-refractivity contribution in [3.8, 4) is 11.8 Å². The average molecular weight is 391 g/mol. The van der Waals surface area contributed by atoms with E-state index >= 15 is 0 Å². The Hall–Kier alpha value is -2.33. The van der Waals surface area contributed by atoms with E-state index in [-0.39, 0.29) is 17.3 Å². The smallest absolute Gasteiger partial charge is 0.250 e. The minimum atomic E-state index is -3.91. The van der Waals surface area contributed by atoms with Crippen LogP contribution in [0.3, 0.4) is 0 Å². The number of nitriles is 1. The first-order chi connectivity index (χ1) is 12.4. The lowest BCUT2D eigenvalue weighted by Crippen LogP contribution is -2.25. The first-order valence-electron chi connectivity index (χ1n) is 8.06. The van der Waals surface area contributed by atoms with Crippen LogP contribution < -0.4 is 4.72 Å². The summed E-state index contributed by atoms with van der Waals surface area (Å²) in [6.45, 7) is 0.248. The van der Waals surface area contributed by atoms with Crippen molar-refractivity contribution in [2.75, 3.05) is 6.54 Å². The van der Waals surface area contributed by atoms with Gasteiger partial charge in [0.05, 0.1) is 5.02 Å². The van der Waals surface area contributed by atoms with Gasteiger partial charge in [-0.1, -0.05) is 41.9 Å². The van der Waals surface area contributed by atoms with E-state index in [9.17, 15) is 18.8 Å². The monoisotopic (exact) mass is 390 g/mol. The summed E-state index contributed by atoms with van der Waals surface area (Å²) in [4.78, 5) is -0.423. The Morgan fingerprint density at radius 1 is 1.19 bits per heavy atom. The number of rotatable bonds is 8. The zero-order valence-electron chi connectivity index (χ0n) is 14.0. The molecule has 0 atom stereocenters. The van der Waals surface area contributed by atoms with E-state index in [0.29, 0.717) is 12.0 Å². The second kappa shape index (κ2) is 9.39. The highest BCUT2D eigenvalue weighted by Gasteiger charge is 2.17. The number of unbranched alkanes of at least 4 members (excludes halogenated alkanes) is 1. The van der Waals surface area contributed by atoms with Gasteiger partial charge >= 0.3 is 0 Å². The van der Waals surface area contributed by atoms with Crippen LogP contribution in [0.5, 0.6) is 5.75 Å². The van der Waals surface area contributed by atoms with Crippen LogP contribution in [0.1, 0.15) is 24.0 Å². The van der Waals surface area contributed by atoms with Gasteiger partial charge in [-0.05, 0) is 54.7 Å². The molecule has 0 heterocycles. The van der Waals surface area contributed by atoms with Crippen LogP contribution in [0.25, 0.3) is 6.08 Å². The molecule has 2 aromatic carbocycles. The highest BCUT2D eigenvalue weighted by atomic mass is 35.5. The van der Waals surface area contributed by atoms with Gasteiger partial charge in [0.25, 0.3) is 10.0 Å². The molecule has 5 nitrogen and oxygen atoms in total. The largest absolute Gasteiger partial charge is 0.508 e. The Kier molecular flexibility index (Phi) is 7.22. The lowest BCUT2D eigenvalue weighted by molar-refractivity contribution is 0.475. The second-order valence-corrected chi connectivity index (χ2v) is 7.81. The summed E-state index contributed by atoms with van der Waals surface area (Å²) in [7, 11) is -3.91. The zero-order chi connectivity index (χ0) is 19.0. The summed E-state index contributed by atoms with van der Waals surface area (Å²) in [5.41, 5.74) is 1.55. The molecular weight excluding hydrogens is 372 g/mol. The van der Waals surface area contributed by atoms with Crippen molar-refractivity contribution in [1.82, 2.24) is 4.72 Å². The molecule has 0 aliphatic heterocycles. The van der Waals surface area contributed by atoms with Crippen LogP contribution in [0.2, 0.25) is 5.02 Å². The Labute approximate surface area is 158 Å². The molecule has 0 aromatic heterocycles. The molecule has 7 heteroatoms. The maximum atomic E-state index is 12.3. The molecule has 2 N–H and O–H groups in total. The summed E-state index contributed by atoms with van der Waals surface area (Å²) in [6, 6.07) is 15.7. The van der Waals surface area contributed by atoms with Crippen molar-refractivity contribution in [3.05, 3.63) is 69.6 Å². The summed E-state index contributed by atoms with van der Waals surface area (Å²) >= 11 is 5.96. The van der Waals surface area contributed by atoms with Crippen LogP contribution in [-0.4, -0.2) is 20.1 Å². The van der Waals surface area contributed by atoms with Gasteiger partial charge in [-0.3, -0.25) is 0 Å². The molecule has 0 unspecified atom stereocenters. The number of nitrogens with zero attached hydrogens (tertiary/aromatic N) is 1. The van der Waals surface area contributed by atoms with Crippen molar-refractivity contribution in [3.63, 3.8) is 0 Å². The zero-order valence-corrected chi connectivity index (χ0v) is 15.6. The molecule has 2 rings (SSSR count). The maximum absolute atomic E-state index is 12.3. The van der Waals surface area contributed by atoms with E-state index < -0.39 is 14.9 Å². The number of benzene rings is 2. The molecule has 136 valence electrons. The molecule has 0 spiro atoms. The fourth-order valence-corrected chi connectivity index (χ4v) is 3.53. The quantitative estimate of drug-likeness (QED) is 0.529. The van der Waals surface area contributed by atoms with Crippen LogP contribution in [0.15, 0.2) is 53.4 Å². The number of hydrogen-bond donors (Lipinski definition) is 2. The Morgan fingerprint density at radius 3 is 2.58 bits per heavy atom. The molecule has 0 saturated carbocycles. The normalized spacial score (nSPS) is 11.9. The van der Waals surface area contributed by atoms with Crippen molar-refractivity contribution in [2.24, 2.45) is 0 Å². The SMILES string of the molecule is N#CC(=Cc1ccc(O)cc1Cl)S(=O)(=O)NCCCCc1ccccc1. The van der Waals surface area contributed by atoms with Crippen LogP contribution >= 0.6 is 11.6 Å². The van der Waals surface area contributed by atoms with Gasteiger partial charge < -0.3 is 5.11 Å². The third kappa shape index (κ3) is 5.88. The minimum absolute atomic E-state index is 0.0370. The van der Waals surface area contributed by atoms with Gasteiger partial charge in [-0.2, -0.15) is 5.26 Å². The predicted octanol–water partition coefficient (Wildman–Crippen LogP) is 3.85. The van der Waals surface area contributed by atoms with Crippen molar-refractivity contribution in [1.29, 1.82) is 5.26 Å². The number of sulfonamides is 1. The van der Waals surface area contributed by atoms with E-state index in [4.69, 9.17) is 11.6 Å². The Balaban J connectivity index is 1.94. The fraction of sp³-hybridized carbons (Fsp3) is 0.211. The molecule has 0 fully saturated rings. The topological polar surface area (TPSA) is 90.2 Å². The van der Waals surface area contributed by atoms with E-state index in [1.807, 2.05) is 30.3 Å². The molecule has 2 aromatic rings. The van der Waals surface area contributed by atoms with Crippen molar-refractivity contribution < 1.29 is 13.5 Å². The molecule has 26 heavy (non-hydrogen) atoms. The first-order valence-corrected chi connectivity index (χ1v) is 9.92. The van der Waals surface area contributed by atoms with Crippen LogP contribution in [0, 0.1) is 11.3 Å². The molecule has 0 bridgehead atoms. The molecular formula is C19H19ClN2O3S. The average Bonchev–Trinajstić information content (AvgIpc) is 2.61. The lowest BCUT2D eigenvalue weighted by atomic mass is 10.1. The number of halogens is 1. The Bertz CT molecular complexity index is 920. The number of allylic oxidation sites excluding steroid dienone is 1. The molecule has 0 radical (unpaired) electrons. The third-order valence-electron chi connectivity index (χ3n) is 3.70. The van der Waals surface area contributed by atoms with Crippen LogP contribution in [-0.2, 0) is 16.4 Å². The number of phenolic OH excluding ortho intramolecular Hbond substituents is 1. The number of phenols is 1. The number of aryl methyl sites for hydroxylation is 1. The van der Waals surface area contributed by atoms with Gasteiger partial charge in [0, 0.05) is 6.54 Å². The third-order valence-corrected chi connectivity index (χ3v) is 5.40. The van der Waals surface area contributed by atoms with E-state index in [0.717, 1.165) is 12.8 Å². The summed E-state index contributed by atoms with van der Waals surface area (Å²) in [6.07, 6.45) is 3.55. The summed E-state index contributed by atoms with van der Waals surface area (Å²) in [5.74, 6) is -0.0370. The first kappa shape index (κ1) is 20.0. The van der Waals surface area contributed by atoms with E-state index in [1.165, 1.54) is 29.8 Å². The summed E-state index contributed by atoms with van der Waals surface area (Å²) in [5, 5.41) is 18.7. The van der Waals surface area contributed by atoms with Gasteiger partial charge in [-0.25, -0.2) is 13.1 Å². The van der Waals surface area contributed by atoms with Gasteiger partial charge in [0.15, 0.2) is 4.91 Å². The highest BCUT2D eigenvalue weighted by molar-refractivity contribution is 7.93. The van der Waals surface area contributed by atoms with E-state index in [1.54, 1.807) is 6.07 Å². The standard InChI is InChI=1S/C19H19ClN2O3S/c20-19-13-17(23)10-9-16(19)12-18(14-21)26(24,25)22-11-5-4-8-15-6-2-1-3-7-15/h1-3,6-7,9-10,12-13,22-23H,4-5,8,11H2. The fourth-order valence-electron chi connectivity index (χ4n) is 2.33. The Morgan fingerprint density at radius 2 is 1.92 bits per heavy atom. The second-order valence-electron chi connectivity index (χ2n) is 5.67. The van der Waals surface area contributed by atoms with Crippen molar-refractivity contribution >= 4 is 27.7 Å². The van der Waals surface area contributed by atoms with Crippen molar-refractivity contribution in [2.45, 2.75) is 19.3 Å². The van der Waals surface area contributed by atoms with Gasteiger partial charge in [-0.15, -0.1) is 0 Å². The van der Waals surface area contributed by atoms with Crippen LogP contribution in [0.4, 0.5) is 0 Å². The molecule has 0 saturated heterocycles. The maximum Gasteiger partial charge on any atom is 0.250 e. The minimum Gasteiger partial charge on any atom is -0.508 e. The predicted molar refractivity (Wildman–Crippen MR) is 103 cm³/mol. The number of nitrogens with one attached hydrogen (secondary N) is 1.